The Morgan fingerprint density at radius 3 is 2.36 bits per heavy atom. The predicted molar refractivity (Wildman–Crippen MR) is 142 cm³/mol. The summed E-state index contributed by atoms with van der Waals surface area (Å²) in [6.07, 6.45) is 0.895. The van der Waals surface area contributed by atoms with Crippen LogP contribution in [0.15, 0.2) is 60.7 Å². The van der Waals surface area contributed by atoms with Crippen LogP contribution in [0.4, 0.5) is 4.39 Å². The smallest absolute Gasteiger partial charge is 0.303 e. The minimum absolute atomic E-state index is 0.0596. The van der Waals surface area contributed by atoms with Crippen LogP contribution in [-0.4, -0.2) is 18.2 Å². The third kappa shape index (κ3) is 7.09. The zero-order chi connectivity index (χ0) is 26.5. The number of carbonyl (C=O) groups is 1. The van der Waals surface area contributed by atoms with Gasteiger partial charge in [0.05, 0.1) is 13.5 Å². The number of ether oxygens (including phenoxy) is 2. The van der Waals surface area contributed by atoms with Gasteiger partial charge < -0.3 is 14.6 Å². The molecule has 3 aromatic carbocycles. The normalized spacial score (nSPS) is 12.4. The van der Waals surface area contributed by atoms with Gasteiger partial charge in [-0.3, -0.25) is 4.79 Å². The molecule has 0 fully saturated rings. The van der Waals surface area contributed by atoms with E-state index in [1.165, 1.54) is 6.07 Å². The molecule has 3 rings (SSSR count). The molecule has 0 aliphatic rings. The number of methoxy groups -OCH3 is 1. The molecular formula is C31H37FO4. The lowest BCUT2D eigenvalue weighted by atomic mass is 9.81. The Morgan fingerprint density at radius 2 is 1.72 bits per heavy atom. The lowest BCUT2D eigenvalue weighted by molar-refractivity contribution is -0.137. The van der Waals surface area contributed by atoms with E-state index in [1.54, 1.807) is 19.2 Å². The number of hydrogen-bond donors (Lipinski definition) is 1. The van der Waals surface area contributed by atoms with Gasteiger partial charge in [-0.1, -0.05) is 65.0 Å². The summed E-state index contributed by atoms with van der Waals surface area (Å²) in [6, 6.07) is 18.5. The zero-order valence-corrected chi connectivity index (χ0v) is 22.1. The topological polar surface area (TPSA) is 55.8 Å². The van der Waals surface area contributed by atoms with Crippen molar-refractivity contribution >= 4 is 5.97 Å². The van der Waals surface area contributed by atoms with Crippen LogP contribution in [0, 0.1) is 11.7 Å². The highest BCUT2D eigenvalue weighted by Gasteiger charge is 2.22. The van der Waals surface area contributed by atoms with Crippen LogP contribution < -0.4 is 9.47 Å². The minimum atomic E-state index is -0.797. The fourth-order valence-electron chi connectivity index (χ4n) is 4.52. The van der Waals surface area contributed by atoms with Gasteiger partial charge in [-0.15, -0.1) is 0 Å². The summed E-state index contributed by atoms with van der Waals surface area (Å²) in [4.78, 5) is 11.4. The van der Waals surface area contributed by atoms with Crippen LogP contribution >= 0.6 is 0 Å². The van der Waals surface area contributed by atoms with Crippen LogP contribution in [-0.2, 0) is 16.8 Å². The van der Waals surface area contributed by atoms with Crippen molar-refractivity contribution in [3.8, 4) is 22.6 Å². The largest absolute Gasteiger partial charge is 0.497 e. The maximum atomic E-state index is 14.8. The molecule has 0 saturated carbocycles. The Hall–Kier alpha value is -3.34. The number of halogens is 1. The van der Waals surface area contributed by atoms with Crippen LogP contribution in [0.1, 0.15) is 70.1 Å². The summed E-state index contributed by atoms with van der Waals surface area (Å²) >= 11 is 0. The van der Waals surface area contributed by atoms with E-state index in [0.29, 0.717) is 29.6 Å². The van der Waals surface area contributed by atoms with Gasteiger partial charge in [-0.2, -0.15) is 0 Å². The van der Waals surface area contributed by atoms with E-state index >= 15 is 0 Å². The summed E-state index contributed by atoms with van der Waals surface area (Å²) in [5, 5.41) is 9.36. The molecule has 0 heterocycles. The van der Waals surface area contributed by atoms with E-state index < -0.39 is 5.97 Å². The monoisotopic (exact) mass is 492 g/mol. The molecule has 36 heavy (non-hydrogen) atoms. The quantitative estimate of drug-likeness (QED) is 0.312. The van der Waals surface area contributed by atoms with E-state index in [-0.39, 0.29) is 23.6 Å². The van der Waals surface area contributed by atoms with E-state index in [2.05, 4.69) is 40.7 Å². The van der Waals surface area contributed by atoms with Crippen molar-refractivity contribution < 1.29 is 23.8 Å². The maximum Gasteiger partial charge on any atom is 0.303 e. The first kappa shape index (κ1) is 27.3. The van der Waals surface area contributed by atoms with Crippen molar-refractivity contribution in [1.82, 2.24) is 0 Å². The fourth-order valence-corrected chi connectivity index (χ4v) is 4.52. The highest BCUT2D eigenvalue weighted by molar-refractivity contribution is 5.71. The number of carboxylic acids is 1. The highest BCUT2D eigenvalue weighted by Crippen LogP contribution is 2.37. The van der Waals surface area contributed by atoms with Crippen LogP contribution in [0.25, 0.3) is 11.1 Å². The van der Waals surface area contributed by atoms with Crippen molar-refractivity contribution in [2.75, 3.05) is 7.11 Å². The molecule has 0 radical (unpaired) electrons. The number of benzene rings is 3. The summed E-state index contributed by atoms with van der Waals surface area (Å²) in [6.45, 7) is 10.9. The predicted octanol–water partition coefficient (Wildman–Crippen LogP) is 7.98. The van der Waals surface area contributed by atoms with Crippen LogP contribution in [0.5, 0.6) is 11.5 Å². The first-order valence-corrected chi connectivity index (χ1v) is 12.4. The molecule has 0 aliphatic carbocycles. The van der Waals surface area contributed by atoms with Gasteiger partial charge >= 0.3 is 5.97 Å². The molecule has 0 amide bonds. The van der Waals surface area contributed by atoms with Gasteiger partial charge in [0.25, 0.3) is 0 Å². The number of aliphatic carboxylic acids is 1. The van der Waals surface area contributed by atoms with Gasteiger partial charge in [0.2, 0.25) is 0 Å². The molecule has 3 aromatic rings. The van der Waals surface area contributed by atoms with E-state index in [1.807, 2.05) is 36.4 Å². The van der Waals surface area contributed by atoms with Crippen molar-refractivity contribution in [3.05, 3.63) is 83.2 Å². The molecule has 1 N–H and O–H groups in total. The lowest BCUT2D eigenvalue weighted by Crippen LogP contribution is -2.14. The lowest BCUT2D eigenvalue weighted by Gasteiger charge is -2.25. The second-order valence-corrected chi connectivity index (χ2v) is 10.8. The van der Waals surface area contributed by atoms with Gasteiger partial charge in [0.15, 0.2) is 0 Å². The van der Waals surface area contributed by atoms with Crippen molar-refractivity contribution in [2.45, 2.75) is 65.4 Å². The summed E-state index contributed by atoms with van der Waals surface area (Å²) in [7, 11) is 1.57. The Labute approximate surface area is 214 Å². The SMILES string of the molecule is COc1ccc(F)c(-c2ccc(COc3cccc([C@@H](CC(=O)O)CC(C)C)c3)cc2C(C)(C)C)c1. The molecule has 1 atom stereocenters. The average Bonchev–Trinajstić information content (AvgIpc) is 2.81. The first-order valence-electron chi connectivity index (χ1n) is 12.4. The summed E-state index contributed by atoms with van der Waals surface area (Å²) < 4.78 is 26.2. The van der Waals surface area contributed by atoms with E-state index in [0.717, 1.165) is 28.7 Å². The van der Waals surface area contributed by atoms with Crippen molar-refractivity contribution in [3.63, 3.8) is 0 Å². The van der Waals surface area contributed by atoms with Crippen LogP contribution in [0.3, 0.4) is 0 Å². The Bertz CT molecular complexity index is 1190. The summed E-state index contributed by atoms with van der Waals surface area (Å²) in [5.74, 6) is 0.552. The summed E-state index contributed by atoms with van der Waals surface area (Å²) in [5.41, 5.74) is 4.08. The fraction of sp³-hybridized carbons (Fsp3) is 0.387. The Kier molecular flexibility index (Phi) is 8.78. The molecule has 0 bridgehead atoms. The molecule has 5 heteroatoms. The second-order valence-electron chi connectivity index (χ2n) is 10.8. The van der Waals surface area contributed by atoms with Gasteiger partial charge in [-0.25, -0.2) is 4.39 Å². The number of hydrogen-bond acceptors (Lipinski definition) is 3. The molecule has 0 unspecified atom stereocenters. The Morgan fingerprint density at radius 1 is 0.972 bits per heavy atom. The van der Waals surface area contributed by atoms with Crippen LogP contribution in [0.2, 0.25) is 0 Å². The molecule has 0 spiro atoms. The maximum absolute atomic E-state index is 14.8. The number of carboxylic acid groups (broad SMARTS) is 1. The molecular weight excluding hydrogens is 455 g/mol. The standard InChI is InChI=1S/C31H37FO4/c1-20(2)14-23(17-30(33)34)22-8-7-9-25(16-22)36-19-21-10-12-26(28(15-21)31(3,4)5)27-18-24(35-6)11-13-29(27)32/h7-13,15-16,18,20,23H,14,17,19H2,1-6H3,(H,33,34)/t23-/m1/s1. The van der Waals surface area contributed by atoms with E-state index in [9.17, 15) is 14.3 Å². The molecule has 4 nitrogen and oxygen atoms in total. The minimum Gasteiger partial charge on any atom is -0.497 e. The van der Waals surface area contributed by atoms with Gasteiger partial charge in [0, 0.05) is 5.56 Å². The second kappa shape index (κ2) is 11.6. The highest BCUT2D eigenvalue weighted by atomic mass is 19.1. The molecule has 0 saturated heterocycles. The van der Waals surface area contributed by atoms with Crippen molar-refractivity contribution in [1.29, 1.82) is 0 Å². The molecule has 0 aliphatic heterocycles. The van der Waals surface area contributed by atoms with Crippen molar-refractivity contribution in [2.24, 2.45) is 5.92 Å². The third-order valence-corrected chi connectivity index (χ3v) is 6.27. The van der Waals surface area contributed by atoms with Gasteiger partial charge in [0.1, 0.15) is 23.9 Å². The third-order valence-electron chi connectivity index (χ3n) is 6.27. The molecule has 0 aromatic heterocycles. The molecule has 192 valence electrons. The first-order chi connectivity index (χ1) is 17.0. The average molecular weight is 493 g/mol. The number of rotatable bonds is 10. The van der Waals surface area contributed by atoms with Gasteiger partial charge in [-0.05, 0) is 76.3 Å². The Balaban J connectivity index is 1.87. The zero-order valence-electron chi connectivity index (χ0n) is 22.1. The van der Waals surface area contributed by atoms with E-state index in [4.69, 9.17) is 9.47 Å².